The smallest absolute Gasteiger partial charge is 1.00 e. The van der Waals surface area contributed by atoms with Crippen LogP contribution in [0.4, 0.5) is 0 Å². The van der Waals surface area contributed by atoms with Crippen molar-refractivity contribution in [2.24, 2.45) is 7.05 Å². The minimum atomic E-state index is -2.79. The van der Waals surface area contributed by atoms with Crippen molar-refractivity contribution in [3.63, 3.8) is 0 Å². The van der Waals surface area contributed by atoms with E-state index < -0.39 is 5.31 Å². The molecule has 0 bridgehead atoms. The Kier molecular flexibility index (Phi) is 7.34. The van der Waals surface area contributed by atoms with Crippen molar-refractivity contribution in [2.75, 3.05) is 6.16 Å². The van der Waals surface area contributed by atoms with Gasteiger partial charge in [0.05, 0.1) is 0 Å². The Bertz CT molecular complexity index is 967. The summed E-state index contributed by atoms with van der Waals surface area (Å²) in [5.41, 5.74) is 0. The minimum Gasteiger partial charge on any atom is -1.00 e. The summed E-state index contributed by atoms with van der Waals surface area (Å²) in [6.45, 7) is 0.997. The number of imidazole rings is 1. The fourth-order valence-electron chi connectivity index (χ4n) is 4.24. The van der Waals surface area contributed by atoms with Gasteiger partial charge in [0.1, 0.15) is 0 Å². The average molecular weight is 546 g/mol. The van der Waals surface area contributed by atoms with Gasteiger partial charge >= 0.3 is 182 Å². The molecule has 0 radical (unpaired) electrons. The molecule has 0 aliphatic rings. The third-order valence-electron chi connectivity index (χ3n) is 5.70. The number of aromatic nitrogens is 2. The van der Waals surface area contributed by atoms with E-state index in [2.05, 4.69) is 141 Å². The topological polar surface area (TPSA) is 8.81 Å². The predicted octanol–water partition coefficient (Wildman–Crippen LogP) is 1.55. The van der Waals surface area contributed by atoms with Crippen molar-refractivity contribution in [1.82, 2.24) is 4.57 Å². The van der Waals surface area contributed by atoms with Crippen molar-refractivity contribution in [2.45, 2.75) is 13.0 Å². The zero-order chi connectivity index (χ0) is 20.2. The van der Waals surface area contributed by atoms with E-state index in [1.165, 1.54) is 15.9 Å². The van der Waals surface area contributed by atoms with E-state index in [1.807, 2.05) is 0 Å². The first-order chi connectivity index (χ1) is 14.1. The number of nitrogens with zero attached hydrogens (tertiary/aromatic N) is 2. The SMILES string of the molecule is C[n+]1ccn(CCCP(Br)(c2ccccc2)(c2ccccc2)c2ccccc2)c1.[Br-]. The van der Waals surface area contributed by atoms with Crippen molar-refractivity contribution >= 4 is 36.7 Å². The second kappa shape index (κ2) is 9.60. The van der Waals surface area contributed by atoms with Crippen LogP contribution in [0.15, 0.2) is 110 Å². The fourth-order valence-corrected chi connectivity index (χ4v) is 11.9. The number of halogens is 2. The first-order valence-electron chi connectivity index (χ1n) is 10.0. The number of benzene rings is 3. The van der Waals surface area contributed by atoms with Crippen LogP contribution < -0.4 is 37.5 Å². The van der Waals surface area contributed by atoms with Gasteiger partial charge in [0.15, 0.2) is 0 Å². The maximum Gasteiger partial charge on any atom is -1.00 e. The summed E-state index contributed by atoms with van der Waals surface area (Å²) in [4.78, 5) is 0. The van der Waals surface area contributed by atoms with Crippen LogP contribution in [0.1, 0.15) is 6.42 Å². The molecule has 0 N–H and O–H groups in total. The molecule has 3 aromatic carbocycles. The zero-order valence-corrected chi connectivity index (χ0v) is 21.2. The van der Waals surface area contributed by atoms with Crippen LogP contribution in [-0.4, -0.2) is 10.7 Å². The monoisotopic (exact) mass is 544 g/mol. The molecule has 2 nitrogen and oxygen atoms in total. The Balaban J connectivity index is 0.00000256. The molecule has 1 heterocycles. The van der Waals surface area contributed by atoms with Gasteiger partial charge in [-0.2, -0.15) is 0 Å². The number of hydrogen-bond donors (Lipinski definition) is 0. The van der Waals surface area contributed by atoms with Gasteiger partial charge in [0, 0.05) is 0 Å². The van der Waals surface area contributed by atoms with Gasteiger partial charge in [-0.1, -0.05) is 0 Å². The molecule has 156 valence electrons. The molecule has 0 unspecified atom stereocenters. The normalized spacial score (nSPS) is 12.5. The van der Waals surface area contributed by atoms with Crippen LogP contribution in [0, 0.1) is 0 Å². The van der Waals surface area contributed by atoms with E-state index in [4.69, 9.17) is 0 Å². The molecular formula is C25H27Br2N2P. The van der Waals surface area contributed by atoms with Crippen LogP contribution in [-0.2, 0) is 13.6 Å². The van der Waals surface area contributed by atoms with E-state index in [-0.39, 0.29) is 17.0 Å². The molecule has 0 fully saturated rings. The molecule has 1 aromatic heterocycles. The third kappa shape index (κ3) is 4.19. The van der Waals surface area contributed by atoms with Gasteiger partial charge < -0.3 is 17.0 Å². The minimum absolute atomic E-state index is 0. The second-order valence-corrected chi connectivity index (χ2v) is 16.6. The molecule has 5 heteroatoms. The maximum atomic E-state index is 4.51. The molecule has 0 atom stereocenters. The number of hydrogen-bond acceptors (Lipinski definition) is 0. The average Bonchev–Trinajstić information content (AvgIpc) is 3.20. The first kappa shape index (κ1) is 22.9. The Morgan fingerprint density at radius 2 is 1.20 bits per heavy atom. The largest absolute Gasteiger partial charge is 1.00 e. The van der Waals surface area contributed by atoms with Crippen molar-refractivity contribution in [1.29, 1.82) is 0 Å². The van der Waals surface area contributed by atoms with Crippen LogP contribution in [0.25, 0.3) is 0 Å². The summed E-state index contributed by atoms with van der Waals surface area (Å²) in [7, 11) is 2.07. The molecule has 0 saturated carbocycles. The van der Waals surface area contributed by atoms with E-state index in [1.54, 1.807) is 0 Å². The molecule has 4 aromatic rings. The van der Waals surface area contributed by atoms with Crippen LogP contribution >= 0.6 is 20.8 Å². The molecular weight excluding hydrogens is 519 g/mol. The second-order valence-electron chi connectivity index (χ2n) is 7.58. The molecule has 30 heavy (non-hydrogen) atoms. The quantitative estimate of drug-likeness (QED) is 0.246. The van der Waals surface area contributed by atoms with Crippen LogP contribution in [0.2, 0.25) is 0 Å². The Labute approximate surface area is 198 Å². The summed E-state index contributed by atoms with van der Waals surface area (Å²) in [6.07, 6.45) is 8.54. The van der Waals surface area contributed by atoms with Crippen molar-refractivity contribution < 1.29 is 21.5 Å². The number of aryl methyl sites for hydroxylation is 2. The van der Waals surface area contributed by atoms with Gasteiger partial charge in [-0.25, -0.2) is 0 Å². The summed E-state index contributed by atoms with van der Waals surface area (Å²) < 4.78 is 4.37. The Hall–Kier alpha value is -1.74. The standard InChI is InChI=1S/C25H27BrN2P.BrH/c1-27-19-20-28(22-27)18-11-21-29(26,23-12-5-2-6-13-23,24-14-7-3-8-15-24)25-16-9-4-10-17-25;/h2-10,12-17,19-20,22H,11,18,21H2,1H3;1H/q+1;/p-1. The van der Waals surface area contributed by atoms with Gasteiger partial charge in [0.25, 0.3) is 0 Å². The maximum absolute atomic E-state index is 4.51. The fraction of sp³-hybridized carbons (Fsp3) is 0.160. The van der Waals surface area contributed by atoms with Gasteiger partial charge in [0.2, 0.25) is 0 Å². The van der Waals surface area contributed by atoms with E-state index >= 15 is 0 Å². The molecule has 0 saturated heterocycles. The van der Waals surface area contributed by atoms with Gasteiger partial charge in [-0.15, -0.1) is 0 Å². The summed E-state index contributed by atoms with van der Waals surface area (Å²) in [5, 5.41) is 1.36. The Morgan fingerprint density at radius 1 is 0.767 bits per heavy atom. The van der Waals surface area contributed by atoms with Crippen molar-refractivity contribution in [3.05, 3.63) is 110 Å². The van der Waals surface area contributed by atoms with Crippen LogP contribution in [0.3, 0.4) is 0 Å². The van der Waals surface area contributed by atoms with Crippen molar-refractivity contribution in [3.8, 4) is 0 Å². The van der Waals surface area contributed by atoms with Gasteiger partial charge in [-0.05, 0) is 0 Å². The van der Waals surface area contributed by atoms with Crippen LogP contribution in [0.5, 0.6) is 0 Å². The van der Waals surface area contributed by atoms with E-state index in [0.29, 0.717) is 0 Å². The summed E-state index contributed by atoms with van der Waals surface area (Å²) in [6, 6.07) is 33.1. The van der Waals surface area contributed by atoms with E-state index in [0.717, 1.165) is 19.1 Å². The third-order valence-corrected chi connectivity index (χ3v) is 15.7. The Morgan fingerprint density at radius 3 is 1.57 bits per heavy atom. The zero-order valence-electron chi connectivity index (χ0n) is 17.1. The number of rotatable bonds is 7. The summed E-state index contributed by atoms with van der Waals surface area (Å²) >= 11 is 4.51. The van der Waals surface area contributed by atoms with Gasteiger partial charge in [-0.3, -0.25) is 0 Å². The molecule has 4 rings (SSSR count). The summed E-state index contributed by atoms with van der Waals surface area (Å²) in [5.74, 6) is 0. The molecule has 0 aliphatic heterocycles. The molecule has 0 amide bonds. The van der Waals surface area contributed by atoms with E-state index in [9.17, 15) is 0 Å². The molecule has 0 spiro atoms. The molecule has 0 aliphatic carbocycles. The first-order valence-corrected chi connectivity index (χ1v) is 14.5. The predicted molar refractivity (Wildman–Crippen MR) is 129 cm³/mol.